The molecule has 0 saturated carbocycles. The molecule has 148 valence electrons. The smallest absolute Gasteiger partial charge is 0.272 e. The maximum atomic E-state index is 12.7. The first-order valence-electron chi connectivity index (χ1n) is 9.24. The first kappa shape index (κ1) is 20.1. The lowest BCUT2D eigenvalue weighted by Gasteiger charge is -2.17. The third-order valence-corrected chi connectivity index (χ3v) is 4.42. The minimum absolute atomic E-state index is 0.206. The van der Waals surface area contributed by atoms with Crippen molar-refractivity contribution in [3.63, 3.8) is 0 Å². The Bertz CT molecular complexity index is 972. The van der Waals surface area contributed by atoms with Crippen LogP contribution in [0.25, 0.3) is 0 Å². The molecule has 3 aromatic rings. The Morgan fingerprint density at radius 2 is 1.59 bits per heavy atom. The van der Waals surface area contributed by atoms with Gasteiger partial charge in [-0.3, -0.25) is 9.59 Å². The Kier molecular flexibility index (Phi) is 6.58. The number of nitrogens with one attached hydrogen (secondary N) is 1. The summed E-state index contributed by atoms with van der Waals surface area (Å²) in [6.07, 6.45) is 0. The van der Waals surface area contributed by atoms with E-state index in [2.05, 4.69) is 10.3 Å². The molecule has 1 aromatic heterocycles. The van der Waals surface area contributed by atoms with Crippen molar-refractivity contribution < 1.29 is 14.3 Å². The van der Waals surface area contributed by atoms with Crippen LogP contribution in [0.5, 0.6) is 5.75 Å². The normalized spacial score (nSPS) is 10.3. The highest BCUT2D eigenvalue weighted by Gasteiger charge is 2.16. The van der Waals surface area contributed by atoms with Gasteiger partial charge in [0.1, 0.15) is 17.1 Å². The quantitative estimate of drug-likeness (QED) is 0.673. The number of hydrogen-bond donors (Lipinski definition) is 1. The van der Waals surface area contributed by atoms with Crippen LogP contribution in [0.2, 0.25) is 0 Å². The average Bonchev–Trinajstić information content (AvgIpc) is 2.78. The summed E-state index contributed by atoms with van der Waals surface area (Å²) in [5.74, 6) is 0.187. The predicted molar refractivity (Wildman–Crippen MR) is 111 cm³/mol. The summed E-state index contributed by atoms with van der Waals surface area (Å²) < 4.78 is 5.12. The van der Waals surface area contributed by atoms with Crippen LogP contribution in [0.1, 0.15) is 32.1 Å². The highest BCUT2D eigenvalue weighted by atomic mass is 16.5. The summed E-state index contributed by atoms with van der Waals surface area (Å²) in [5.41, 5.74) is 2.41. The average molecular weight is 389 g/mol. The van der Waals surface area contributed by atoms with E-state index in [1.165, 1.54) is 0 Å². The fraction of sp³-hybridized carbons (Fsp3) is 0.174. The van der Waals surface area contributed by atoms with Gasteiger partial charge >= 0.3 is 0 Å². The molecule has 1 N–H and O–H groups in total. The Labute approximate surface area is 170 Å². The number of benzene rings is 2. The van der Waals surface area contributed by atoms with Gasteiger partial charge in [-0.15, -0.1) is 0 Å². The van der Waals surface area contributed by atoms with Gasteiger partial charge in [0.2, 0.25) is 0 Å². The molecule has 0 spiro atoms. The molecule has 2 aromatic carbocycles. The number of aromatic nitrogens is 1. The summed E-state index contributed by atoms with van der Waals surface area (Å²) >= 11 is 0. The first-order valence-corrected chi connectivity index (χ1v) is 9.24. The van der Waals surface area contributed by atoms with Crippen LogP contribution in [-0.2, 0) is 13.1 Å². The van der Waals surface area contributed by atoms with Gasteiger partial charge < -0.3 is 15.0 Å². The van der Waals surface area contributed by atoms with E-state index < -0.39 is 0 Å². The summed E-state index contributed by atoms with van der Waals surface area (Å²) in [7, 11) is 3.32. The zero-order valence-electron chi connectivity index (χ0n) is 16.5. The van der Waals surface area contributed by atoms with Gasteiger partial charge in [-0.1, -0.05) is 48.5 Å². The monoisotopic (exact) mass is 389 g/mol. The molecule has 0 aliphatic heterocycles. The molecule has 6 heteroatoms. The number of carbonyl (C=O) groups excluding carboxylic acids is 2. The van der Waals surface area contributed by atoms with Crippen molar-refractivity contribution in [1.29, 1.82) is 0 Å². The number of hydrogen-bond acceptors (Lipinski definition) is 4. The molecule has 0 bridgehead atoms. The van der Waals surface area contributed by atoms with Crippen molar-refractivity contribution in [2.45, 2.75) is 13.1 Å². The number of methoxy groups -OCH3 is 1. The number of nitrogens with zero attached hydrogens (tertiary/aromatic N) is 2. The van der Waals surface area contributed by atoms with E-state index in [9.17, 15) is 9.59 Å². The van der Waals surface area contributed by atoms with Crippen LogP contribution in [0, 0.1) is 0 Å². The molecule has 0 atom stereocenters. The number of ether oxygens (including phenoxy) is 1. The van der Waals surface area contributed by atoms with E-state index in [0.717, 1.165) is 16.9 Å². The lowest BCUT2D eigenvalue weighted by Crippen LogP contribution is -2.29. The molecule has 2 amide bonds. The molecule has 3 rings (SSSR count). The second-order valence-electron chi connectivity index (χ2n) is 6.59. The lowest BCUT2D eigenvalue weighted by atomic mass is 10.2. The molecule has 29 heavy (non-hydrogen) atoms. The van der Waals surface area contributed by atoms with Crippen molar-refractivity contribution in [2.24, 2.45) is 0 Å². The van der Waals surface area contributed by atoms with Crippen LogP contribution in [0.3, 0.4) is 0 Å². The Hall–Kier alpha value is -3.67. The number of carbonyl (C=O) groups is 2. The van der Waals surface area contributed by atoms with Crippen LogP contribution < -0.4 is 10.1 Å². The Morgan fingerprint density at radius 1 is 0.897 bits per heavy atom. The van der Waals surface area contributed by atoms with Gasteiger partial charge in [-0.2, -0.15) is 0 Å². The summed E-state index contributed by atoms with van der Waals surface area (Å²) in [5, 5.41) is 2.82. The molecule has 0 saturated heterocycles. The fourth-order valence-corrected chi connectivity index (χ4v) is 2.82. The van der Waals surface area contributed by atoms with Crippen molar-refractivity contribution in [1.82, 2.24) is 15.2 Å². The highest BCUT2D eigenvalue weighted by molar-refractivity contribution is 5.96. The standard InChI is InChI=1S/C23H23N3O3/c1-26(16-18-7-4-3-5-8-18)23(28)21-10-6-9-20(25-21)22(27)24-15-17-11-13-19(29-2)14-12-17/h3-14H,15-16H2,1-2H3,(H,24,27). The SMILES string of the molecule is COc1ccc(CNC(=O)c2cccc(C(=O)N(C)Cc3ccccc3)n2)cc1. The minimum atomic E-state index is -0.332. The second-order valence-corrected chi connectivity index (χ2v) is 6.59. The topological polar surface area (TPSA) is 71.5 Å². The maximum absolute atomic E-state index is 12.7. The number of rotatable bonds is 7. The van der Waals surface area contributed by atoms with Gasteiger partial charge in [0.15, 0.2) is 0 Å². The molecular weight excluding hydrogens is 366 g/mol. The van der Waals surface area contributed by atoms with Crippen LogP contribution >= 0.6 is 0 Å². The minimum Gasteiger partial charge on any atom is -0.497 e. The van der Waals surface area contributed by atoms with Crippen molar-refractivity contribution in [3.8, 4) is 5.75 Å². The third-order valence-electron chi connectivity index (χ3n) is 4.42. The van der Waals surface area contributed by atoms with Crippen LogP contribution in [0.15, 0.2) is 72.8 Å². The fourth-order valence-electron chi connectivity index (χ4n) is 2.82. The van der Waals surface area contributed by atoms with Crippen molar-refractivity contribution >= 4 is 11.8 Å². The molecule has 0 aliphatic rings. The Morgan fingerprint density at radius 3 is 2.28 bits per heavy atom. The maximum Gasteiger partial charge on any atom is 0.272 e. The van der Waals surface area contributed by atoms with Crippen LogP contribution in [0.4, 0.5) is 0 Å². The largest absolute Gasteiger partial charge is 0.497 e. The van der Waals surface area contributed by atoms with Gasteiger partial charge in [0, 0.05) is 20.1 Å². The zero-order chi connectivity index (χ0) is 20.6. The summed E-state index contributed by atoms with van der Waals surface area (Å²) in [4.78, 5) is 31.0. The molecular formula is C23H23N3O3. The van der Waals surface area contributed by atoms with Crippen LogP contribution in [-0.4, -0.2) is 35.9 Å². The van der Waals surface area contributed by atoms with E-state index in [1.807, 2.05) is 54.6 Å². The summed E-state index contributed by atoms with van der Waals surface area (Å²) in [6, 6.07) is 22.0. The molecule has 6 nitrogen and oxygen atoms in total. The molecule has 0 fully saturated rings. The van der Waals surface area contributed by atoms with E-state index >= 15 is 0 Å². The van der Waals surface area contributed by atoms with E-state index in [4.69, 9.17) is 4.74 Å². The highest BCUT2D eigenvalue weighted by Crippen LogP contribution is 2.11. The summed E-state index contributed by atoms with van der Waals surface area (Å²) in [6.45, 7) is 0.825. The van der Waals surface area contributed by atoms with E-state index in [-0.39, 0.29) is 23.2 Å². The zero-order valence-corrected chi connectivity index (χ0v) is 16.5. The van der Waals surface area contributed by atoms with Gasteiger partial charge in [0.05, 0.1) is 7.11 Å². The van der Waals surface area contributed by atoms with Gasteiger partial charge in [-0.25, -0.2) is 4.98 Å². The first-order chi connectivity index (χ1) is 14.1. The van der Waals surface area contributed by atoms with Gasteiger partial charge in [0.25, 0.3) is 11.8 Å². The van der Waals surface area contributed by atoms with Gasteiger partial charge in [-0.05, 0) is 35.4 Å². The molecule has 1 heterocycles. The Balaban J connectivity index is 1.62. The molecule has 0 unspecified atom stereocenters. The molecule has 0 aliphatic carbocycles. The van der Waals surface area contributed by atoms with E-state index in [1.54, 1.807) is 37.3 Å². The van der Waals surface area contributed by atoms with E-state index in [0.29, 0.717) is 13.1 Å². The van der Waals surface area contributed by atoms with Crippen molar-refractivity contribution in [3.05, 3.63) is 95.3 Å². The predicted octanol–water partition coefficient (Wildman–Crippen LogP) is 3.29. The second kappa shape index (κ2) is 9.50. The van der Waals surface area contributed by atoms with Crippen molar-refractivity contribution in [2.75, 3.05) is 14.2 Å². The third kappa shape index (κ3) is 5.42. The number of amides is 2. The molecule has 0 radical (unpaired) electrons. The lowest BCUT2D eigenvalue weighted by molar-refractivity contribution is 0.0779. The number of pyridine rings is 1.